The Morgan fingerprint density at radius 3 is 2.00 bits per heavy atom. The van der Waals surface area contributed by atoms with Crippen LogP contribution in [0.1, 0.15) is 89.2 Å². The summed E-state index contributed by atoms with van der Waals surface area (Å²) in [6, 6.07) is 22.2. The highest BCUT2D eigenvalue weighted by atomic mass is 19.1. The summed E-state index contributed by atoms with van der Waals surface area (Å²) in [6.07, 6.45) is 0.893. The Bertz CT molecular complexity index is 1980. The molecule has 0 spiro atoms. The van der Waals surface area contributed by atoms with E-state index >= 15 is 0 Å². The van der Waals surface area contributed by atoms with E-state index < -0.39 is 0 Å². The molecule has 0 saturated heterocycles. The van der Waals surface area contributed by atoms with Gasteiger partial charge in [-0.3, -0.25) is 0 Å². The van der Waals surface area contributed by atoms with Crippen molar-refractivity contribution in [1.29, 1.82) is 0 Å². The smallest absolute Gasteiger partial charge is 0.163 e. The van der Waals surface area contributed by atoms with Crippen LogP contribution >= 0.6 is 0 Å². The van der Waals surface area contributed by atoms with Crippen LogP contribution in [0.5, 0.6) is 0 Å². The Hall–Kier alpha value is -4.32. The van der Waals surface area contributed by atoms with Gasteiger partial charge in [-0.25, -0.2) is 18.4 Å². The second kappa shape index (κ2) is 11.0. The predicted octanol–water partition coefficient (Wildman–Crippen LogP) is 10.6. The van der Waals surface area contributed by atoms with E-state index in [9.17, 15) is 8.78 Å². The molecule has 0 aliphatic heterocycles. The van der Waals surface area contributed by atoms with Gasteiger partial charge in [0.05, 0.1) is 16.7 Å². The highest BCUT2D eigenvalue weighted by Crippen LogP contribution is 2.43. The lowest BCUT2D eigenvalue weighted by molar-refractivity contribution is 0.507. The minimum atomic E-state index is -0.304. The number of halogens is 2. The molecule has 2 aromatic heterocycles. The van der Waals surface area contributed by atoms with E-state index in [4.69, 9.17) is 10.1 Å². The fourth-order valence-electron chi connectivity index (χ4n) is 6.34. The number of rotatable bonds is 7. The van der Waals surface area contributed by atoms with Gasteiger partial charge in [0, 0.05) is 22.0 Å². The molecule has 6 aromatic rings. The van der Waals surface area contributed by atoms with Gasteiger partial charge < -0.3 is 4.57 Å². The number of aromatic nitrogens is 4. The molecule has 6 heteroatoms. The molecule has 0 saturated carbocycles. The third-order valence-electron chi connectivity index (χ3n) is 9.07. The lowest BCUT2D eigenvalue weighted by Crippen LogP contribution is -2.18. The molecular weight excluding hydrogens is 550 g/mol. The molecular formula is C38H40F2N4. The largest absolute Gasteiger partial charge is 0.309 e. The first-order valence-electron chi connectivity index (χ1n) is 15.5. The molecule has 0 amide bonds. The van der Waals surface area contributed by atoms with E-state index in [1.807, 2.05) is 11.6 Å². The minimum absolute atomic E-state index is 0.220. The molecule has 0 aliphatic carbocycles. The topological polar surface area (TPSA) is 35.6 Å². The summed E-state index contributed by atoms with van der Waals surface area (Å²) in [6.45, 7) is 17.5. The molecule has 0 bridgehead atoms. The quantitative estimate of drug-likeness (QED) is 0.185. The molecule has 0 unspecified atom stereocenters. The minimum Gasteiger partial charge on any atom is -0.309 e. The van der Waals surface area contributed by atoms with Crippen LogP contribution in [0.3, 0.4) is 0 Å². The summed E-state index contributed by atoms with van der Waals surface area (Å²) in [4.78, 5) is 5.08. The lowest BCUT2D eigenvalue weighted by atomic mass is 9.79. The molecule has 226 valence electrons. The van der Waals surface area contributed by atoms with Crippen LogP contribution in [0.2, 0.25) is 0 Å². The summed E-state index contributed by atoms with van der Waals surface area (Å²) < 4.78 is 32.9. The van der Waals surface area contributed by atoms with E-state index in [-0.39, 0.29) is 28.9 Å². The zero-order chi connectivity index (χ0) is 31.5. The fraction of sp³-hybridized carbons (Fsp3) is 0.316. The first kappa shape index (κ1) is 29.7. The second-order valence-corrected chi connectivity index (χ2v) is 13.1. The van der Waals surface area contributed by atoms with Crippen molar-refractivity contribution in [2.24, 2.45) is 0 Å². The van der Waals surface area contributed by atoms with Gasteiger partial charge in [-0.05, 0) is 102 Å². The third kappa shape index (κ3) is 4.90. The van der Waals surface area contributed by atoms with Crippen molar-refractivity contribution >= 4 is 21.8 Å². The molecule has 0 radical (unpaired) electrons. The van der Waals surface area contributed by atoms with Gasteiger partial charge in [-0.1, -0.05) is 66.7 Å². The van der Waals surface area contributed by atoms with Gasteiger partial charge in [0.1, 0.15) is 17.5 Å². The van der Waals surface area contributed by atoms with Crippen molar-refractivity contribution in [1.82, 2.24) is 19.3 Å². The number of nitrogens with zero attached hydrogens (tertiary/aromatic N) is 4. The van der Waals surface area contributed by atoms with Gasteiger partial charge in [0.2, 0.25) is 0 Å². The first-order chi connectivity index (χ1) is 20.9. The highest BCUT2D eigenvalue weighted by Gasteiger charge is 2.29. The number of aryl methyl sites for hydroxylation is 1. The summed E-state index contributed by atoms with van der Waals surface area (Å²) in [5.41, 5.74) is 8.00. The van der Waals surface area contributed by atoms with Crippen molar-refractivity contribution in [2.75, 3.05) is 0 Å². The van der Waals surface area contributed by atoms with Crippen LogP contribution in [-0.2, 0) is 5.41 Å². The summed E-state index contributed by atoms with van der Waals surface area (Å²) >= 11 is 0. The van der Waals surface area contributed by atoms with Crippen LogP contribution in [0.25, 0.3) is 44.6 Å². The van der Waals surface area contributed by atoms with E-state index in [0.29, 0.717) is 5.82 Å². The molecule has 6 rings (SSSR count). The maximum atomic E-state index is 14.8. The maximum Gasteiger partial charge on any atom is 0.163 e. The van der Waals surface area contributed by atoms with E-state index in [1.54, 1.807) is 24.3 Å². The molecule has 2 heterocycles. The van der Waals surface area contributed by atoms with Crippen LogP contribution in [0.4, 0.5) is 8.78 Å². The second-order valence-electron chi connectivity index (χ2n) is 13.1. The van der Waals surface area contributed by atoms with Crippen LogP contribution in [0, 0.1) is 18.6 Å². The van der Waals surface area contributed by atoms with Crippen LogP contribution < -0.4 is 0 Å². The van der Waals surface area contributed by atoms with Crippen LogP contribution in [0.15, 0.2) is 72.8 Å². The van der Waals surface area contributed by atoms with Gasteiger partial charge in [-0.2, -0.15) is 5.10 Å². The number of para-hydroxylation sites is 1. The predicted molar refractivity (Wildman–Crippen MR) is 177 cm³/mol. The number of fused-ring (bicyclic) bond motifs is 3. The van der Waals surface area contributed by atoms with Crippen molar-refractivity contribution in [3.05, 3.63) is 107 Å². The van der Waals surface area contributed by atoms with Gasteiger partial charge >= 0.3 is 0 Å². The standard InChI is InChI=1S/C38H40F2N4/c1-9-38(7,8)33-21-35-31(30-19-26(40)15-18-34(30)43(35)27-16-13-25(39)14-17-27)20-32(33)37-41-24(6)42-44(37)36-28(22(2)3)11-10-12-29(36)23(4)5/h10-23H,9H2,1-8H3. The maximum absolute atomic E-state index is 14.8. The number of hydrogen-bond donors (Lipinski definition) is 0. The average molecular weight is 591 g/mol. The summed E-state index contributed by atoms with van der Waals surface area (Å²) in [7, 11) is 0. The SMILES string of the molecule is CCC(C)(C)c1cc2c(cc1-c1nc(C)nn1-c1c(C(C)C)cccc1C(C)C)c1cc(F)ccc1n2-c1ccc(F)cc1. The van der Waals surface area contributed by atoms with E-state index in [0.717, 1.165) is 56.6 Å². The van der Waals surface area contributed by atoms with Crippen molar-refractivity contribution < 1.29 is 8.78 Å². The molecule has 4 nitrogen and oxygen atoms in total. The molecule has 4 aromatic carbocycles. The first-order valence-corrected chi connectivity index (χ1v) is 15.5. The van der Waals surface area contributed by atoms with Crippen molar-refractivity contribution in [3.63, 3.8) is 0 Å². The Labute approximate surface area is 258 Å². The highest BCUT2D eigenvalue weighted by molar-refractivity contribution is 6.11. The van der Waals surface area contributed by atoms with Gasteiger partial charge in [-0.15, -0.1) is 0 Å². The Balaban J connectivity index is 1.75. The Morgan fingerprint density at radius 1 is 0.773 bits per heavy atom. The van der Waals surface area contributed by atoms with Crippen molar-refractivity contribution in [2.45, 2.75) is 79.1 Å². The number of hydrogen-bond acceptors (Lipinski definition) is 2. The zero-order valence-corrected chi connectivity index (χ0v) is 26.8. The zero-order valence-electron chi connectivity index (χ0n) is 26.8. The average Bonchev–Trinajstić information content (AvgIpc) is 3.53. The Kier molecular flexibility index (Phi) is 7.43. The summed E-state index contributed by atoms with van der Waals surface area (Å²) in [5.74, 6) is 1.43. The van der Waals surface area contributed by atoms with E-state index in [2.05, 4.69) is 83.4 Å². The normalized spacial score (nSPS) is 12.4. The van der Waals surface area contributed by atoms with E-state index in [1.165, 1.54) is 29.3 Å². The van der Waals surface area contributed by atoms with Crippen LogP contribution in [-0.4, -0.2) is 19.3 Å². The van der Waals surface area contributed by atoms with Gasteiger partial charge in [0.15, 0.2) is 5.82 Å². The van der Waals surface area contributed by atoms with Gasteiger partial charge in [0.25, 0.3) is 0 Å². The Morgan fingerprint density at radius 2 is 1.39 bits per heavy atom. The molecule has 44 heavy (non-hydrogen) atoms. The summed E-state index contributed by atoms with van der Waals surface area (Å²) in [5, 5.41) is 6.71. The molecule has 0 atom stereocenters. The molecule has 0 N–H and O–H groups in total. The van der Waals surface area contributed by atoms with Crippen molar-refractivity contribution in [3.8, 4) is 22.8 Å². The fourth-order valence-corrected chi connectivity index (χ4v) is 6.34. The number of benzene rings is 4. The molecule has 0 aliphatic rings. The third-order valence-corrected chi connectivity index (χ3v) is 9.07. The lowest BCUT2D eigenvalue weighted by Gasteiger charge is -2.27. The molecule has 0 fully saturated rings. The monoisotopic (exact) mass is 590 g/mol.